The highest BCUT2D eigenvalue weighted by Crippen LogP contribution is 2.39. The maximum absolute atomic E-state index is 12.1. The number of anilines is 1. The third-order valence-electron chi connectivity index (χ3n) is 5.65. The Morgan fingerprint density at radius 2 is 1.84 bits per heavy atom. The molecule has 4 rings (SSSR count). The van der Waals surface area contributed by atoms with E-state index in [4.69, 9.17) is 14.2 Å². The quantitative estimate of drug-likeness (QED) is 0.245. The average molecular weight is 559 g/mol. The molecule has 12 heteroatoms. The van der Waals surface area contributed by atoms with Crippen LogP contribution < -0.4 is 10.6 Å². The average Bonchev–Trinajstić information content (AvgIpc) is 3.36. The van der Waals surface area contributed by atoms with Crippen LogP contribution in [0.1, 0.15) is 47.4 Å². The van der Waals surface area contributed by atoms with Gasteiger partial charge in [0, 0.05) is 23.4 Å². The number of hydrogen-bond donors (Lipinski definition) is 3. The van der Waals surface area contributed by atoms with Gasteiger partial charge in [-0.15, -0.1) is 10.2 Å². The number of urea groups is 1. The number of benzene rings is 2. The first kappa shape index (κ1) is 28.0. The number of carbonyl (C=O) groups excluding carboxylic acids is 2. The first-order chi connectivity index (χ1) is 18.4. The molecule has 1 aliphatic heterocycles. The molecule has 0 radical (unpaired) electrons. The van der Waals surface area contributed by atoms with Crippen molar-refractivity contribution in [3.8, 4) is 0 Å². The Hall–Kier alpha value is -3.03. The van der Waals surface area contributed by atoms with Crippen LogP contribution in [0.5, 0.6) is 0 Å². The second kappa shape index (κ2) is 13.7. The van der Waals surface area contributed by atoms with Crippen LogP contribution in [0.15, 0.2) is 52.9 Å². The van der Waals surface area contributed by atoms with Gasteiger partial charge < -0.3 is 30.0 Å². The Bertz CT molecular complexity index is 1210. The zero-order valence-corrected chi connectivity index (χ0v) is 22.7. The first-order valence-corrected chi connectivity index (χ1v) is 14.0. The van der Waals surface area contributed by atoms with E-state index >= 15 is 0 Å². The molecular weight excluding hydrogens is 528 g/mol. The predicted molar refractivity (Wildman–Crippen MR) is 144 cm³/mol. The summed E-state index contributed by atoms with van der Waals surface area (Å²) >= 11 is 3.16. The van der Waals surface area contributed by atoms with E-state index in [2.05, 4.69) is 20.8 Å². The minimum Gasteiger partial charge on any atom is -0.465 e. The number of hydrogen-bond acceptors (Lipinski definition) is 10. The Labute approximate surface area is 229 Å². The molecule has 3 unspecified atom stereocenters. The van der Waals surface area contributed by atoms with Crippen LogP contribution in [0.4, 0.5) is 10.5 Å². The normalized spacial score (nSPS) is 19.1. The van der Waals surface area contributed by atoms with E-state index in [1.54, 1.807) is 42.2 Å². The largest absolute Gasteiger partial charge is 0.465 e. The highest BCUT2D eigenvalue weighted by Gasteiger charge is 2.32. The van der Waals surface area contributed by atoms with E-state index in [9.17, 15) is 14.7 Å². The fraction of sp³-hybridized carbons (Fsp3) is 0.385. The lowest BCUT2D eigenvalue weighted by Gasteiger charge is -2.36. The van der Waals surface area contributed by atoms with Crippen molar-refractivity contribution in [3.05, 3.63) is 70.2 Å². The summed E-state index contributed by atoms with van der Waals surface area (Å²) in [4.78, 5) is 23.5. The van der Waals surface area contributed by atoms with Crippen molar-refractivity contribution >= 4 is 40.8 Å². The molecule has 38 heavy (non-hydrogen) atoms. The highest BCUT2D eigenvalue weighted by molar-refractivity contribution is 8.01. The number of aliphatic hydroxyl groups excluding tert-OH is 1. The van der Waals surface area contributed by atoms with Gasteiger partial charge in [-0.1, -0.05) is 59.5 Å². The molecule has 1 fully saturated rings. The Balaban J connectivity index is 1.42. The standard InChI is InChI=1S/C26H30N4O6S2/c1-3-34-23(32)13-27-25(33)28-20-10-8-19(9-11-20)24-35-21(15-37-26-30-29-16(2)38-26)12-22(36-24)18-6-4-17(14-31)5-7-18/h4-11,21-22,24,31H,3,12-15H2,1-2H3,(H2,27,28,33). The first-order valence-electron chi connectivity index (χ1n) is 12.2. The van der Waals surface area contributed by atoms with Crippen LogP contribution in [-0.2, 0) is 25.6 Å². The van der Waals surface area contributed by atoms with Crippen LogP contribution in [0.2, 0.25) is 0 Å². The van der Waals surface area contributed by atoms with E-state index in [0.717, 1.165) is 26.0 Å². The number of ether oxygens (including phenoxy) is 3. The molecule has 202 valence electrons. The zero-order chi connectivity index (χ0) is 26.9. The van der Waals surface area contributed by atoms with Crippen LogP contribution in [0.3, 0.4) is 0 Å². The summed E-state index contributed by atoms with van der Waals surface area (Å²) in [5, 5.41) is 23.7. The van der Waals surface area contributed by atoms with Crippen molar-refractivity contribution in [2.24, 2.45) is 0 Å². The molecule has 1 saturated heterocycles. The number of nitrogens with one attached hydrogen (secondary N) is 2. The van der Waals surface area contributed by atoms with Gasteiger partial charge in [0.1, 0.15) is 11.6 Å². The number of aromatic nitrogens is 2. The molecule has 2 heterocycles. The number of carbonyl (C=O) groups is 2. The van der Waals surface area contributed by atoms with Gasteiger partial charge in [0.05, 0.1) is 25.4 Å². The van der Waals surface area contributed by atoms with Crippen LogP contribution in [-0.4, -0.2) is 52.3 Å². The minimum atomic E-state index is -0.611. The van der Waals surface area contributed by atoms with Gasteiger partial charge in [-0.2, -0.15) is 0 Å². The van der Waals surface area contributed by atoms with Crippen molar-refractivity contribution in [1.29, 1.82) is 0 Å². The van der Waals surface area contributed by atoms with Crippen LogP contribution >= 0.6 is 23.1 Å². The Kier molecular flexibility index (Phi) is 10.1. The molecular formula is C26H30N4O6S2. The van der Waals surface area contributed by atoms with E-state index in [1.807, 2.05) is 43.3 Å². The number of aryl methyl sites for hydroxylation is 1. The molecule has 10 nitrogen and oxygen atoms in total. The molecule has 0 aliphatic carbocycles. The lowest BCUT2D eigenvalue weighted by molar-refractivity contribution is -0.245. The van der Waals surface area contributed by atoms with Crippen molar-refractivity contribution < 1.29 is 28.9 Å². The number of rotatable bonds is 10. The molecule has 0 bridgehead atoms. The van der Waals surface area contributed by atoms with Crippen LogP contribution in [0, 0.1) is 6.92 Å². The maximum atomic E-state index is 12.1. The molecule has 0 spiro atoms. The van der Waals surface area contributed by atoms with Gasteiger partial charge in [0.25, 0.3) is 0 Å². The topological polar surface area (TPSA) is 132 Å². The number of esters is 1. The molecule has 3 N–H and O–H groups in total. The molecule has 1 aliphatic rings. The fourth-order valence-corrected chi connectivity index (χ4v) is 5.65. The van der Waals surface area contributed by atoms with E-state index < -0.39 is 18.3 Å². The molecule has 0 saturated carbocycles. The number of amides is 2. The van der Waals surface area contributed by atoms with Crippen molar-refractivity contribution in [1.82, 2.24) is 15.5 Å². The van der Waals surface area contributed by atoms with E-state index in [1.165, 1.54) is 0 Å². The monoisotopic (exact) mass is 558 g/mol. The van der Waals surface area contributed by atoms with Gasteiger partial charge in [0.2, 0.25) is 0 Å². The van der Waals surface area contributed by atoms with Gasteiger partial charge in [-0.05, 0) is 37.1 Å². The molecule has 2 amide bonds. The highest BCUT2D eigenvalue weighted by atomic mass is 32.2. The third kappa shape index (κ3) is 7.98. The summed E-state index contributed by atoms with van der Waals surface area (Å²) in [6.45, 7) is 3.66. The van der Waals surface area contributed by atoms with Crippen molar-refractivity contribution in [2.45, 2.75) is 49.7 Å². The maximum Gasteiger partial charge on any atom is 0.325 e. The number of thioether (sulfide) groups is 1. The summed E-state index contributed by atoms with van der Waals surface area (Å²) in [6, 6.07) is 14.4. The summed E-state index contributed by atoms with van der Waals surface area (Å²) in [6.07, 6.45) is -0.244. The summed E-state index contributed by atoms with van der Waals surface area (Å²) in [5.41, 5.74) is 3.21. The van der Waals surface area contributed by atoms with Gasteiger partial charge in [-0.3, -0.25) is 4.79 Å². The van der Waals surface area contributed by atoms with Crippen LogP contribution in [0.25, 0.3) is 0 Å². The number of nitrogens with zero attached hydrogens (tertiary/aromatic N) is 2. The fourth-order valence-electron chi connectivity index (χ4n) is 3.79. The molecule has 1 aromatic heterocycles. The molecule has 3 atom stereocenters. The number of aliphatic hydroxyl groups is 1. The third-order valence-corrected chi connectivity index (χ3v) is 7.76. The summed E-state index contributed by atoms with van der Waals surface area (Å²) in [7, 11) is 0. The molecule has 2 aromatic carbocycles. The second-order valence-corrected chi connectivity index (χ2v) is 10.9. The molecule has 3 aromatic rings. The smallest absolute Gasteiger partial charge is 0.325 e. The Morgan fingerprint density at radius 3 is 2.50 bits per heavy atom. The predicted octanol–water partition coefficient (Wildman–Crippen LogP) is 4.36. The minimum absolute atomic E-state index is 0.0146. The van der Waals surface area contributed by atoms with E-state index in [-0.39, 0.29) is 32.0 Å². The van der Waals surface area contributed by atoms with Crippen molar-refractivity contribution in [2.75, 3.05) is 24.2 Å². The lowest BCUT2D eigenvalue weighted by atomic mass is 10.0. The summed E-state index contributed by atoms with van der Waals surface area (Å²) < 4.78 is 18.4. The summed E-state index contributed by atoms with van der Waals surface area (Å²) in [5.74, 6) is 0.194. The zero-order valence-electron chi connectivity index (χ0n) is 21.1. The van der Waals surface area contributed by atoms with Gasteiger partial charge in [0.15, 0.2) is 10.6 Å². The Morgan fingerprint density at radius 1 is 1.11 bits per heavy atom. The second-order valence-electron chi connectivity index (χ2n) is 8.48. The van der Waals surface area contributed by atoms with Gasteiger partial charge >= 0.3 is 12.0 Å². The SMILES string of the molecule is CCOC(=O)CNC(=O)Nc1ccc(C2OC(CSc3nnc(C)s3)CC(c3ccc(CO)cc3)O2)cc1. The lowest BCUT2D eigenvalue weighted by Crippen LogP contribution is -2.34. The van der Waals surface area contributed by atoms with Crippen molar-refractivity contribution in [3.63, 3.8) is 0 Å². The van der Waals surface area contributed by atoms with E-state index in [0.29, 0.717) is 17.9 Å². The van der Waals surface area contributed by atoms with Gasteiger partial charge in [-0.25, -0.2) is 4.79 Å².